The maximum absolute atomic E-state index is 11.5. The largest absolute Gasteiger partial charge is 0.469 e. The highest BCUT2D eigenvalue weighted by molar-refractivity contribution is 6.02. The molecule has 0 radical (unpaired) electrons. The number of rotatable bonds is 3. The second-order valence-corrected chi connectivity index (χ2v) is 3.98. The van der Waals surface area contributed by atoms with Crippen LogP contribution in [0.5, 0.6) is 0 Å². The normalized spacial score (nSPS) is 9.88. The van der Waals surface area contributed by atoms with Gasteiger partial charge in [0.05, 0.1) is 7.11 Å². The number of amides is 1. The van der Waals surface area contributed by atoms with Crippen LogP contribution in [0.4, 0.5) is 5.69 Å². The number of esters is 1. The van der Waals surface area contributed by atoms with Crippen LogP contribution in [0.3, 0.4) is 0 Å². The van der Waals surface area contributed by atoms with Crippen LogP contribution < -0.4 is 5.32 Å². The molecular weight excluding hydrogens is 218 g/mol. The van der Waals surface area contributed by atoms with E-state index in [-0.39, 0.29) is 12.3 Å². The van der Waals surface area contributed by atoms with Gasteiger partial charge in [-0.3, -0.25) is 9.59 Å². The van der Waals surface area contributed by atoms with E-state index in [1.54, 1.807) is 0 Å². The van der Waals surface area contributed by atoms with E-state index >= 15 is 0 Å². The highest BCUT2D eigenvalue weighted by atomic mass is 16.5. The van der Waals surface area contributed by atoms with Crippen LogP contribution in [-0.4, -0.2) is 19.0 Å². The van der Waals surface area contributed by atoms with E-state index in [0.29, 0.717) is 0 Å². The Morgan fingerprint density at radius 1 is 1.18 bits per heavy atom. The minimum Gasteiger partial charge on any atom is -0.469 e. The maximum Gasteiger partial charge on any atom is 0.315 e. The highest BCUT2D eigenvalue weighted by Crippen LogP contribution is 2.21. The molecule has 1 aromatic rings. The van der Waals surface area contributed by atoms with E-state index in [2.05, 4.69) is 10.1 Å². The van der Waals surface area contributed by atoms with Crippen molar-refractivity contribution in [3.63, 3.8) is 0 Å². The van der Waals surface area contributed by atoms with Crippen LogP contribution >= 0.6 is 0 Å². The SMILES string of the molecule is COC(=O)CC(=O)Nc1ccc(C)c(C)c1C. The van der Waals surface area contributed by atoms with Crippen LogP contribution in [-0.2, 0) is 14.3 Å². The molecule has 0 aliphatic carbocycles. The Morgan fingerprint density at radius 3 is 2.41 bits per heavy atom. The first-order chi connectivity index (χ1) is 7.95. The maximum atomic E-state index is 11.5. The first-order valence-electron chi connectivity index (χ1n) is 5.39. The zero-order chi connectivity index (χ0) is 13.0. The van der Waals surface area contributed by atoms with Crippen molar-refractivity contribution in [1.82, 2.24) is 0 Å². The molecule has 1 rings (SSSR count). The van der Waals surface area contributed by atoms with Crippen LogP contribution in [0.15, 0.2) is 12.1 Å². The lowest BCUT2D eigenvalue weighted by Gasteiger charge is -2.12. The number of anilines is 1. The van der Waals surface area contributed by atoms with Crippen LogP contribution in [0.1, 0.15) is 23.1 Å². The second kappa shape index (κ2) is 5.48. The van der Waals surface area contributed by atoms with E-state index < -0.39 is 5.97 Å². The molecule has 0 saturated carbocycles. The van der Waals surface area contributed by atoms with Gasteiger partial charge in [-0.1, -0.05) is 6.07 Å². The number of methoxy groups -OCH3 is 1. The summed E-state index contributed by atoms with van der Waals surface area (Å²) in [4.78, 5) is 22.5. The first-order valence-corrected chi connectivity index (χ1v) is 5.39. The monoisotopic (exact) mass is 235 g/mol. The van der Waals surface area contributed by atoms with Crippen LogP contribution in [0.25, 0.3) is 0 Å². The summed E-state index contributed by atoms with van der Waals surface area (Å²) in [6.45, 7) is 5.96. The van der Waals surface area contributed by atoms with Gasteiger partial charge in [-0.05, 0) is 43.5 Å². The van der Waals surface area contributed by atoms with Crippen molar-refractivity contribution in [2.45, 2.75) is 27.2 Å². The zero-order valence-electron chi connectivity index (χ0n) is 10.6. The number of carbonyl (C=O) groups is 2. The molecule has 0 saturated heterocycles. The predicted octanol–water partition coefficient (Wildman–Crippen LogP) is 2.11. The van der Waals surface area contributed by atoms with Gasteiger partial charge in [0.1, 0.15) is 6.42 Å². The molecule has 0 fully saturated rings. The van der Waals surface area contributed by atoms with Gasteiger partial charge < -0.3 is 10.1 Å². The molecule has 92 valence electrons. The van der Waals surface area contributed by atoms with E-state index in [9.17, 15) is 9.59 Å². The lowest BCUT2D eigenvalue weighted by molar-refractivity contribution is -0.142. The third-order valence-corrected chi connectivity index (χ3v) is 2.86. The van der Waals surface area contributed by atoms with Gasteiger partial charge in [0.15, 0.2) is 0 Å². The first kappa shape index (κ1) is 13.2. The molecule has 17 heavy (non-hydrogen) atoms. The summed E-state index contributed by atoms with van der Waals surface area (Å²) in [7, 11) is 1.26. The molecule has 0 aromatic heterocycles. The van der Waals surface area contributed by atoms with Gasteiger partial charge in [0, 0.05) is 5.69 Å². The Morgan fingerprint density at radius 2 is 1.82 bits per heavy atom. The standard InChI is InChI=1S/C13H17NO3/c1-8-5-6-11(10(3)9(8)2)14-12(15)7-13(16)17-4/h5-6H,7H2,1-4H3,(H,14,15). The summed E-state index contributed by atoms with van der Waals surface area (Å²) in [5.41, 5.74) is 4.07. The summed E-state index contributed by atoms with van der Waals surface area (Å²) >= 11 is 0. The fourth-order valence-corrected chi connectivity index (χ4v) is 1.49. The summed E-state index contributed by atoms with van der Waals surface area (Å²) in [5, 5.41) is 2.70. The number of hydrogen-bond acceptors (Lipinski definition) is 3. The Bertz CT molecular complexity index is 452. The summed E-state index contributed by atoms with van der Waals surface area (Å²) in [5.74, 6) is -0.896. The van der Waals surface area contributed by atoms with E-state index in [0.717, 1.165) is 16.8 Å². The molecule has 0 bridgehead atoms. The van der Waals surface area contributed by atoms with Gasteiger partial charge in [0.2, 0.25) is 5.91 Å². The molecule has 0 atom stereocenters. The average molecular weight is 235 g/mol. The minimum atomic E-state index is -0.538. The molecule has 0 aliphatic rings. The molecule has 0 heterocycles. The molecule has 1 aromatic carbocycles. The summed E-state index contributed by atoms with van der Waals surface area (Å²) < 4.78 is 4.43. The fraction of sp³-hybridized carbons (Fsp3) is 0.385. The molecule has 0 unspecified atom stereocenters. The van der Waals surface area contributed by atoms with Crippen molar-refractivity contribution in [2.75, 3.05) is 12.4 Å². The lowest BCUT2D eigenvalue weighted by atomic mass is 10.0. The van der Waals surface area contributed by atoms with E-state index in [1.165, 1.54) is 12.7 Å². The van der Waals surface area contributed by atoms with Gasteiger partial charge in [-0.25, -0.2) is 0 Å². The lowest BCUT2D eigenvalue weighted by Crippen LogP contribution is -2.18. The van der Waals surface area contributed by atoms with Gasteiger partial charge in [-0.15, -0.1) is 0 Å². The van der Waals surface area contributed by atoms with Crippen molar-refractivity contribution in [3.05, 3.63) is 28.8 Å². The Kier molecular flexibility index (Phi) is 4.26. The number of benzene rings is 1. The summed E-state index contributed by atoms with van der Waals surface area (Å²) in [6, 6.07) is 3.78. The van der Waals surface area contributed by atoms with Gasteiger partial charge >= 0.3 is 5.97 Å². The molecule has 4 nitrogen and oxygen atoms in total. The van der Waals surface area contributed by atoms with Gasteiger partial charge in [0.25, 0.3) is 0 Å². The molecular formula is C13H17NO3. The van der Waals surface area contributed by atoms with E-state index in [1.807, 2.05) is 32.9 Å². The smallest absolute Gasteiger partial charge is 0.315 e. The van der Waals surface area contributed by atoms with Crippen molar-refractivity contribution < 1.29 is 14.3 Å². The topological polar surface area (TPSA) is 55.4 Å². The van der Waals surface area contributed by atoms with Crippen LogP contribution in [0, 0.1) is 20.8 Å². The van der Waals surface area contributed by atoms with Crippen molar-refractivity contribution in [1.29, 1.82) is 0 Å². The molecule has 4 heteroatoms. The molecule has 1 amide bonds. The van der Waals surface area contributed by atoms with Crippen LogP contribution in [0.2, 0.25) is 0 Å². The molecule has 1 N–H and O–H groups in total. The minimum absolute atomic E-state index is 0.261. The number of ether oxygens (including phenoxy) is 1. The number of carbonyl (C=O) groups excluding carboxylic acids is 2. The third kappa shape index (κ3) is 3.31. The molecule has 0 spiro atoms. The second-order valence-electron chi connectivity index (χ2n) is 3.98. The Hall–Kier alpha value is -1.84. The van der Waals surface area contributed by atoms with Crippen molar-refractivity contribution >= 4 is 17.6 Å². The Balaban J connectivity index is 2.79. The van der Waals surface area contributed by atoms with E-state index in [4.69, 9.17) is 0 Å². The number of nitrogens with one attached hydrogen (secondary N) is 1. The predicted molar refractivity (Wildman–Crippen MR) is 65.9 cm³/mol. The average Bonchev–Trinajstić information content (AvgIpc) is 2.29. The van der Waals surface area contributed by atoms with Gasteiger partial charge in [-0.2, -0.15) is 0 Å². The quantitative estimate of drug-likeness (QED) is 0.645. The zero-order valence-corrected chi connectivity index (χ0v) is 10.6. The summed E-state index contributed by atoms with van der Waals surface area (Å²) in [6.07, 6.45) is -0.261. The highest BCUT2D eigenvalue weighted by Gasteiger charge is 2.11. The number of hydrogen-bond donors (Lipinski definition) is 1. The molecule has 0 aliphatic heterocycles. The van der Waals surface area contributed by atoms with Crippen molar-refractivity contribution in [2.24, 2.45) is 0 Å². The number of aryl methyl sites for hydroxylation is 1. The Labute approximate surface area is 101 Å². The third-order valence-electron chi connectivity index (χ3n) is 2.86. The fourth-order valence-electron chi connectivity index (χ4n) is 1.49. The van der Waals surface area contributed by atoms with Crippen molar-refractivity contribution in [3.8, 4) is 0 Å².